The molecule has 0 saturated heterocycles. The quantitative estimate of drug-likeness (QED) is 0.690. The minimum atomic E-state index is 0.527. The lowest BCUT2D eigenvalue weighted by molar-refractivity contribution is 0.293. The van der Waals surface area contributed by atoms with Crippen molar-refractivity contribution in [3.63, 3.8) is 0 Å². The van der Waals surface area contributed by atoms with Gasteiger partial charge in [-0.15, -0.1) is 11.3 Å². The van der Waals surface area contributed by atoms with Crippen LogP contribution in [-0.2, 0) is 6.61 Å². The van der Waals surface area contributed by atoms with E-state index in [0.717, 1.165) is 5.75 Å². The highest BCUT2D eigenvalue weighted by Gasteiger charge is 2.02. The summed E-state index contributed by atoms with van der Waals surface area (Å²) in [4.78, 5) is 5.50. The van der Waals surface area contributed by atoms with Crippen LogP contribution in [-0.4, -0.2) is 4.98 Å². The van der Waals surface area contributed by atoms with Crippen LogP contribution in [0.3, 0.4) is 0 Å². The van der Waals surface area contributed by atoms with Crippen molar-refractivity contribution in [3.8, 4) is 17.5 Å². The normalized spacial score (nSPS) is 10.2. The van der Waals surface area contributed by atoms with Crippen molar-refractivity contribution in [2.45, 2.75) is 6.61 Å². The number of para-hydroxylation sites is 1. The molecule has 0 saturated carbocycles. The number of thiophene rings is 1. The summed E-state index contributed by atoms with van der Waals surface area (Å²) in [6.45, 7) is 0.527. The lowest BCUT2D eigenvalue weighted by atomic mass is 10.3. The van der Waals surface area contributed by atoms with Gasteiger partial charge in [-0.1, -0.05) is 30.3 Å². The van der Waals surface area contributed by atoms with E-state index in [1.807, 2.05) is 66.0 Å². The van der Waals surface area contributed by atoms with Crippen LogP contribution in [0.4, 0.5) is 0 Å². The molecule has 0 atom stereocenters. The molecule has 0 bridgehead atoms. The van der Waals surface area contributed by atoms with Gasteiger partial charge in [0.25, 0.3) is 0 Å². The molecule has 2 heterocycles. The Labute approximate surface area is 121 Å². The van der Waals surface area contributed by atoms with Crippen molar-refractivity contribution in [1.82, 2.24) is 4.98 Å². The maximum atomic E-state index is 5.67. The fourth-order valence-corrected chi connectivity index (χ4v) is 2.30. The number of hydrogen-bond donors (Lipinski definition) is 0. The molecule has 0 aliphatic heterocycles. The van der Waals surface area contributed by atoms with Gasteiger partial charge in [0, 0.05) is 17.0 Å². The van der Waals surface area contributed by atoms with Gasteiger partial charge in [0.2, 0.25) is 11.8 Å². The number of aromatic nitrogens is 1. The second-order valence-electron chi connectivity index (χ2n) is 4.10. The van der Waals surface area contributed by atoms with Gasteiger partial charge in [-0.2, -0.15) is 4.98 Å². The third kappa shape index (κ3) is 3.36. The molecule has 0 aliphatic carbocycles. The first-order valence-electron chi connectivity index (χ1n) is 6.25. The van der Waals surface area contributed by atoms with Gasteiger partial charge in [0.1, 0.15) is 12.4 Å². The lowest BCUT2D eigenvalue weighted by Crippen LogP contribution is -1.96. The molecule has 20 heavy (non-hydrogen) atoms. The summed E-state index contributed by atoms with van der Waals surface area (Å²) in [7, 11) is 0. The van der Waals surface area contributed by atoms with E-state index in [1.165, 1.54) is 4.88 Å². The molecule has 2 aromatic heterocycles. The average molecular weight is 283 g/mol. The number of nitrogens with zero attached hydrogens (tertiary/aromatic N) is 1. The number of hydrogen-bond acceptors (Lipinski definition) is 4. The summed E-state index contributed by atoms with van der Waals surface area (Å²) in [6, 6.07) is 19.1. The smallest absolute Gasteiger partial charge is 0.222 e. The van der Waals surface area contributed by atoms with Crippen molar-refractivity contribution < 1.29 is 9.47 Å². The monoisotopic (exact) mass is 283 g/mol. The highest BCUT2D eigenvalue weighted by atomic mass is 32.1. The van der Waals surface area contributed by atoms with Gasteiger partial charge >= 0.3 is 0 Å². The van der Waals surface area contributed by atoms with Gasteiger partial charge in [-0.05, 0) is 23.6 Å². The molecule has 100 valence electrons. The topological polar surface area (TPSA) is 31.4 Å². The first-order chi connectivity index (χ1) is 9.90. The van der Waals surface area contributed by atoms with E-state index in [4.69, 9.17) is 9.47 Å². The molecule has 0 aliphatic rings. The number of ether oxygens (including phenoxy) is 2. The zero-order valence-corrected chi connectivity index (χ0v) is 11.5. The van der Waals surface area contributed by atoms with Crippen LogP contribution >= 0.6 is 11.3 Å². The Morgan fingerprint density at radius 3 is 2.50 bits per heavy atom. The Balaban J connectivity index is 1.66. The fourth-order valence-electron chi connectivity index (χ4n) is 1.68. The van der Waals surface area contributed by atoms with Gasteiger partial charge in [0.15, 0.2) is 0 Å². The Hall–Kier alpha value is -2.33. The Bertz CT molecular complexity index is 653. The molecule has 3 aromatic rings. The molecule has 0 radical (unpaired) electrons. The molecule has 0 amide bonds. The molecular formula is C16H13NO2S. The molecule has 0 spiro atoms. The van der Waals surface area contributed by atoms with E-state index >= 15 is 0 Å². The lowest BCUT2D eigenvalue weighted by Gasteiger charge is -2.07. The Morgan fingerprint density at radius 1 is 0.850 bits per heavy atom. The van der Waals surface area contributed by atoms with Gasteiger partial charge in [0.05, 0.1) is 0 Å². The minimum absolute atomic E-state index is 0.527. The summed E-state index contributed by atoms with van der Waals surface area (Å²) >= 11 is 1.66. The largest absolute Gasteiger partial charge is 0.472 e. The first-order valence-corrected chi connectivity index (χ1v) is 7.13. The first kappa shape index (κ1) is 12.7. The van der Waals surface area contributed by atoms with Crippen LogP contribution < -0.4 is 9.47 Å². The average Bonchev–Trinajstić information content (AvgIpc) is 3.00. The maximum absolute atomic E-state index is 5.67. The zero-order chi connectivity index (χ0) is 13.6. The van der Waals surface area contributed by atoms with Crippen LogP contribution in [0.2, 0.25) is 0 Å². The zero-order valence-electron chi connectivity index (χ0n) is 10.7. The third-order valence-electron chi connectivity index (χ3n) is 2.61. The summed E-state index contributed by atoms with van der Waals surface area (Å²) in [5.41, 5.74) is 0. The Kier molecular flexibility index (Phi) is 3.94. The molecule has 0 unspecified atom stereocenters. The Morgan fingerprint density at radius 2 is 1.70 bits per heavy atom. The molecule has 4 heteroatoms. The highest BCUT2D eigenvalue weighted by Crippen LogP contribution is 2.21. The second-order valence-corrected chi connectivity index (χ2v) is 5.13. The van der Waals surface area contributed by atoms with E-state index < -0.39 is 0 Å². The molecule has 0 N–H and O–H groups in total. The van der Waals surface area contributed by atoms with E-state index in [-0.39, 0.29) is 0 Å². The summed E-state index contributed by atoms with van der Waals surface area (Å²) in [5, 5.41) is 2.03. The van der Waals surface area contributed by atoms with E-state index in [9.17, 15) is 0 Å². The van der Waals surface area contributed by atoms with Crippen LogP contribution in [0.15, 0.2) is 66.0 Å². The molecule has 3 nitrogen and oxygen atoms in total. The standard InChI is InChI=1S/C16H13NO2S/c1-2-6-13(7-3-1)19-16-10-4-9-15(17-16)18-12-14-8-5-11-20-14/h1-11H,12H2. The number of pyridine rings is 1. The SMILES string of the molecule is c1ccc(Oc2cccc(OCc3cccs3)n2)cc1. The van der Waals surface area contributed by atoms with Crippen LogP contribution in [0.25, 0.3) is 0 Å². The third-order valence-corrected chi connectivity index (χ3v) is 3.46. The molecule has 3 rings (SSSR count). The predicted octanol–water partition coefficient (Wildman–Crippen LogP) is 4.51. The van der Waals surface area contributed by atoms with Gasteiger partial charge in [-0.3, -0.25) is 0 Å². The van der Waals surface area contributed by atoms with Gasteiger partial charge < -0.3 is 9.47 Å². The summed E-state index contributed by atoms with van der Waals surface area (Å²) in [6.07, 6.45) is 0. The van der Waals surface area contributed by atoms with Gasteiger partial charge in [-0.25, -0.2) is 0 Å². The van der Waals surface area contributed by atoms with Crippen LogP contribution in [0, 0.1) is 0 Å². The summed E-state index contributed by atoms with van der Waals surface area (Å²) in [5.74, 6) is 1.85. The minimum Gasteiger partial charge on any atom is -0.472 e. The summed E-state index contributed by atoms with van der Waals surface area (Å²) < 4.78 is 11.3. The highest BCUT2D eigenvalue weighted by molar-refractivity contribution is 7.09. The second kappa shape index (κ2) is 6.21. The number of benzene rings is 1. The molecule has 1 aromatic carbocycles. The van der Waals surface area contributed by atoms with Crippen molar-refractivity contribution >= 4 is 11.3 Å². The van der Waals surface area contributed by atoms with Crippen molar-refractivity contribution in [2.24, 2.45) is 0 Å². The fraction of sp³-hybridized carbons (Fsp3) is 0.0625. The maximum Gasteiger partial charge on any atom is 0.222 e. The van der Waals surface area contributed by atoms with Crippen LogP contribution in [0.5, 0.6) is 17.5 Å². The van der Waals surface area contributed by atoms with E-state index in [2.05, 4.69) is 4.98 Å². The molecular weight excluding hydrogens is 270 g/mol. The predicted molar refractivity (Wildman–Crippen MR) is 79.4 cm³/mol. The molecule has 0 fully saturated rings. The van der Waals surface area contributed by atoms with Crippen molar-refractivity contribution in [1.29, 1.82) is 0 Å². The van der Waals surface area contributed by atoms with Crippen molar-refractivity contribution in [2.75, 3.05) is 0 Å². The number of rotatable bonds is 5. The van der Waals surface area contributed by atoms with E-state index in [0.29, 0.717) is 18.4 Å². The van der Waals surface area contributed by atoms with Crippen molar-refractivity contribution in [3.05, 3.63) is 70.9 Å². The van der Waals surface area contributed by atoms with E-state index in [1.54, 1.807) is 11.3 Å². The van der Waals surface area contributed by atoms with Crippen LogP contribution in [0.1, 0.15) is 4.88 Å².